The Morgan fingerprint density at radius 3 is 2.58 bits per heavy atom. The van der Waals surface area contributed by atoms with Crippen LogP contribution < -0.4 is 0 Å². The molecular formula is C17H24N4O2S. The lowest BCUT2D eigenvalue weighted by Gasteiger charge is -2.34. The Labute approximate surface area is 142 Å². The van der Waals surface area contributed by atoms with Crippen molar-refractivity contribution in [1.29, 1.82) is 0 Å². The van der Waals surface area contributed by atoms with Gasteiger partial charge in [-0.25, -0.2) is 22.7 Å². The van der Waals surface area contributed by atoms with Gasteiger partial charge in [-0.2, -0.15) is 0 Å². The topological polar surface area (TPSA) is 68.1 Å². The van der Waals surface area contributed by atoms with Crippen LogP contribution in [0.15, 0.2) is 18.3 Å². The number of aromatic nitrogens is 3. The van der Waals surface area contributed by atoms with E-state index in [-0.39, 0.29) is 5.75 Å². The number of imidazole rings is 1. The monoisotopic (exact) mass is 348 g/mol. The van der Waals surface area contributed by atoms with Crippen molar-refractivity contribution < 1.29 is 8.42 Å². The molecule has 0 bridgehead atoms. The van der Waals surface area contributed by atoms with Crippen LogP contribution in [0, 0.1) is 0 Å². The van der Waals surface area contributed by atoms with Gasteiger partial charge in [0.05, 0.1) is 5.75 Å². The number of fused-ring (bicyclic) bond motifs is 1. The summed E-state index contributed by atoms with van der Waals surface area (Å²) in [7, 11) is -3.08. The Hall–Kier alpha value is -1.47. The minimum absolute atomic E-state index is 0.181. The fourth-order valence-electron chi connectivity index (χ4n) is 3.82. The average Bonchev–Trinajstić information content (AvgIpc) is 2.92. The molecule has 3 heterocycles. The molecule has 4 rings (SSSR count). The first-order valence-electron chi connectivity index (χ1n) is 8.91. The molecule has 0 unspecified atom stereocenters. The van der Waals surface area contributed by atoms with E-state index >= 15 is 0 Å². The molecule has 1 aliphatic carbocycles. The molecule has 0 N–H and O–H groups in total. The molecule has 130 valence electrons. The van der Waals surface area contributed by atoms with Crippen LogP contribution in [0.3, 0.4) is 0 Å². The van der Waals surface area contributed by atoms with Gasteiger partial charge in [-0.1, -0.05) is 6.42 Å². The molecule has 1 saturated heterocycles. The Bertz CT molecular complexity index is 833. The second kappa shape index (κ2) is 6.11. The highest BCUT2D eigenvalue weighted by molar-refractivity contribution is 7.89. The number of hydrogen-bond acceptors (Lipinski definition) is 4. The number of nitrogens with zero attached hydrogens (tertiary/aromatic N) is 4. The summed E-state index contributed by atoms with van der Waals surface area (Å²) in [6.07, 6.45) is 7.16. The largest absolute Gasteiger partial charge is 0.309 e. The summed E-state index contributed by atoms with van der Waals surface area (Å²) in [5, 5.41) is 0. The molecule has 1 aliphatic heterocycles. The van der Waals surface area contributed by atoms with Gasteiger partial charge >= 0.3 is 0 Å². The van der Waals surface area contributed by atoms with Gasteiger partial charge in [0.1, 0.15) is 11.3 Å². The third kappa shape index (κ3) is 2.63. The highest BCUT2D eigenvalue weighted by atomic mass is 32.2. The molecule has 24 heavy (non-hydrogen) atoms. The lowest BCUT2D eigenvalue weighted by molar-refractivity contribution is 0.265. The lowest BCUT2D eigenvalue weighted by atomic mass is 9.84. The summed E-state index contributed by atoms with van der Waals surface area (Å²) in [5.74, 6) is 1.88. The maximum atomic E-state index is 12.1. The van der Waals surface area contributed by atoms with E-state index in [1.807, 2.05) is 18.3 Å². The third-order valence-electron chi connectivity index (χ3n) is 5.49. The maximum absolute atomic E-state index is 12.1. The van der Waals surface area contributed by atoms with Crippen LogP contribution in [0.2, 0.25) is 0 Å². The third-order valence-corrected chi connectivity index (χ3v) is 7.37. The number of piperidine rings is 1. The zero-order valence-corrected chi connectivity index (χ0v) is 14.9. The first kappa shape index (κ1) is 16.0. The molecule has 0 spiro atoms. The van der Waals surface area contributed by atoms with Crippen LogP contribution in [0.25, 0.3) is 11.2 Å². The number of rotatable bonds is 4. The van der Waals surface area contributed by atoms with E-state index in [0.717, 1.165) is 29.8 Å². The van der Waals surface area contributed by atoms with Crippen molar-refractivity contribution in [2.75, 3.05) is 18.8 Å². The van der Waals surface area contributed by atoms with E-state index in [0.29, 0.717) is 25.0 Å². The van der Waals surface area contributed by atoms with E-state index < -0.39 is 10.0 Å². The minimum Gasteiger partial charge on any atom is -0.309 e. The van der Waals surface area contributed by atoms with Gasteiger partial charge in [0.15, 0.2) is 5.65 Å². The molecule has 0 amide bonds. The first-order valence-corrected chi connectivity index (χ1v) is 10.5. The van der Waals surface area contributed by atoms with E-state index in [1.165, 1.54) is 19.3 Å². The summed E-state index contributed by atoms with van der Waals surface area (Å²) >= 11 is 0. The Morgan fingerprint density at radius 2 is 1.96 bits per heavy atom. The average molecular weight is 348 g/mol. The molecule has 2 aromatic heterocycles. The van der Waals surface area contributed by atoms with E-state index in [1.54, 1.807) is 11.2 Å². The zero-order valence-electron chi connectivity index (χ0n) is 14.1. The highest BCUT2D eigenvalue weighted by Gasteiger charge is 2.32. The molecule has 0 radical (unpaired) electrons. The number of pyridine rings is 1. The van der Waals surface area contributed by atoms with E-state index in [4.69, 9.17) is 4.98 Å². The van der Waals surface area contributed by atoms with E-state index in [9.17, 15) is 8.42 Å². The Kier molecular flexibility index (Phi) is 4.08. The summed E-state index contributed by atoms with van der Waals surface area (Å²) in [4.78, 5) is 9.43. The van der Waals surface area contributed by atoms with Crippen LogP contribution in [0.1, 0.15) is 56.8 Å². The predicted molar refractivity (Wildman–Crippen MR) is 93.4 cm³/mol. The second-order valence-corrected chi connectivity index (χ2v) is 9.10. The van der Waals surface area contributed by atoms with Gasteiger partial charge in [-0.05, 0) is 44.7 Å². The lowest BCUT2D eigenvalue weighted by Crippen LogP contribution is -2.40. The molecule has 0 atom stereocenters. The summed E-state index contributed by atoms with van der Waals surface area (Å²) in [5.41, 5.74) is 1.92. The molecule has 1 saturated carbocycles. The van der Waals surface area contributed by atoms with Crippen molar-refractivity contribution in [2.45, 2.75) is 51.0 Å². The summed E-state index contributed by atoms with van der Waals surface area (Å²) in [6, 6.07) is 4.25. The molecule has 0 aromatic carbocycles. The fraction of sp³-hybridized carbons (Fsp3) is 0.647. The standard InChI is InChI=1S/C17H24N4O2S/c1-2-24(22,23)20-11-8-14(9-12-20)21-16(13-5-3-6-13)19-15-7-4-10-18-17(15)21/h4,7,10,13-14H,2-3,5-6,8-9,11-12H2,1H3. The normalized spacial score (nSPS) is 21.2. The molecule has 6 nitrogen and oxygen atoms in total. The molecule has 7 heteroatoms. The summed E-state index contributed by atoms with van der Waals surface area (Å²) in [6.45, 7) is 2.90. The smallest absolute Gasteiger partial charge is 0.213 e. The van der Waals surface area contributed by atoms with E-state index in [2.05, 4.69) is 9.55 Å². The van der Waals surface area contributed by atoms with Crippen LogP contribution >= 0.6 is 0 Å². The predicted octanol–water partition coefficient (Wildman–Crippen LogP) is 2.69. The van der Waals surface area contributed by atoms with Crippen molar-refractivity contribution >= 4 is 21.2 Å². The first-order chi connectivity index (χ1) is 11.6. The quantitative estimate of drug-likeness (QED) is 0.852. The van der Waals surface area contributed by atoms with Crippen molar-refractivity contribution in [3.05, 3.63) is 24.2 Å². The SMILES string of the molecule is CCS(=O)(=O)N1CCC(n2c(C3CCC3)nc3cccnc32)CC1. The van der Waals surface area contributed by atoms with Crippen molar-refractivity contribution in [3.8, 4) is 0 Å². The minimum atomic E-state index is -3.08. The van der Waals surface area contributed by atoms with Crippen LogP contribution in [0.4, 0.5) is 0 Å². The van der Waals surface area contributed by atoms with Gasteiger partial charge in [-0.3, -0.25) is 0 Å². The van der Waals surface area contributed by atoms with Gasteiger partial charge in [0.2, 0.25) is 10.0 Å². The molecule has 2 aromatic rings. The van der Waals surface area contributed by atoms with Crippen LogP contribution in [-0.4, -0.2) is 46.1 Å². The zero-order chi connectivity index (χ0) is 16.7. The number of hydrogen-bond donors (Lipinski definition) is 0. The maximum Gasteiger partial charge on any atom is 0.213 e. The van der Waals surface area contributed by atoms with Crippen LogP contribution in [-0.2, 0) is 10.0 Å². The second-order valence-electron chi connectivity index (χ2n) is 6.84. The molecular weight excluding hydrogens is 324 g/mol. The van der Waals surface area contributed by atoms with Crippen molar-refractivity contribution in [2.24, 2.45) is 0 Å². The van der Waals surface area contributed by atoms with Crippen molar-refractivity contribution in [1.82, 2.24) is 18.8 Å². The van der Waals surface area contributed by atoms with Gasteiger partial charge < -0.3 is 4.57 Å². The highest BCUT2D eigenvalue weighted by Crippen LogP contribution is 2.39. The molecule has 2 fully saturated rings. The van der Waals surface area contributed by atoms with Crippen LogP contribution in [0.5, 0.6) is 0 Å². The van der Waals surface area contributed by atoms with Gasteiger partial charge in [-0.15, -0.1) is 0 Å². The Balaban J connectivity index is 1.65. The van der Waals surface area contributed by atoms with Gasteiger partial charge in [0, 0.05) is 31.2 Å². The fourth-order valence-corrected chi connectivity index (χ4v) is 4.95. The van der Waals surface area contributed by atoms with Crippen molar-refractivity contribution in [3.63, 3.8) is 0 Å². The summed E-state index contributed by atoms with van der Waals surface area (Å²) < 4.78 is 28.1. The number of sulfonamides is 1. The molecule has 2 aliphatic rings. The Morgan fingerprint density at radius 1 is 1.21 bits per heavy atom. The van der Waals surface area contributed by atoms with Gasteiger partial charge in [0.25, 0.3) is 0 Å².